The molecule has 1 aliphatic carbocycles. The number of hydrogen-bond acceptors (Lipinski definition) is 1. The average Bonchev–Trinajstić information content (AvgIpc) is 2.50. The second kappa shape index (κ2) is 6.64. The fraction of sp³-hybridized carbons (Fsp3) is 0.368. The summed E-state index contributed by atoms with van der Waals surface area (Å²) in [7, 11) is 0. The molecule has 3 rings (SSSR count). The first kappa shape index (κ1) is 14.6. The second-order valence-electron chi connectivity index (χ2n) is 6.01. The van der Waals surface area contributed by atoms with Crippen LogP contribution in [0.4, 0.5) is 0 Å². The zero-order valence-corrected chi connectivity index (χ0v) is 13.2. The predicted molar refractivity (Wildman–Crippen MR) is 89.9 cm³/mol. The van der Waals surface area contributed by atoms with E-state index in [4.69, 9.17) is 11.6 Å². The van der Waals surface area contributed by atoms with E-state index in [-0.39, 0.29) is 0 Å². The van der Waals surface area contributed by atoms with Crippen LogP contribution in [-0.2, 0) is 12.8 Å². The second-order valence-corrected chi connectivity index (χ2v) is 6.41. The fourth-order valence-electron chi connectivity index (χ4n) is 3.32. The summed E-state index contributed by atoms with van der Waals surface area (Å²) in [6.07, 6.45) is 4.68. The fourth-order valence-corrected chi connectivity index (χ4v) is 3.54. The molecule has 0 heterocycles. The Morgan fingerprint density at radius 1 is 1.14 bits per heavy atom. The lowest BCUT2D eigenvalue weighted by molar-refractivity contribution is 0.407. The van der Waals surface area contributed by atoms with Gasteiger partial charge in [-0.05, 0) is 55.4 Å². The van der Waals surface area contributed by atoms with Crippen molar-refractivity contribution >= 4 is 11.6 Å². The van der Waals surface area contributed by atoms with E-state index < -0.39 is 0 Å². The first-order valence-corrected chi connectivity index (χ1v) is 8.19. The zero-order valence-electron chi connectivity index (χ0n) is 12.5. The lowest BCUT2D eigenvalue weighted by Crippen LogP contribution is -2.34. The predicted octanol–water partition coefficient (Wildman–Crippen LogP) is 4.94. The molecule has 2 heteroatoms. The van der Waals surface area contributed by atoms with Gasteiger partial charge in [0, 0.05) is 17.1 Å². The van der Waals surface area contributed by atoms with Crippen LogP contribution in [0.15, 0.2) is 48.5 Å². The summed E-state index contributed by atoms with van der Waals surface area (Å²) in [5.74, 6) is 0. The van der Waals surface area contributed by atoms with Gasteiger partial charge in [0.2, 0.25) is 0 Å². The summed E-state index contributed by atoms with van der Waals surface area (Å²) in [5.41, 5.74) is 4.21. The van der Waals surface area contributed by atoms with E-state index in [2.05, 4.69) is 48.6 Å². The Hall–Kier alpha value is -1.31. The molecular formula is C19H22ClN. The highest BCUT2D eigenvalue weighted by molar-refractivity contribution is 6.31. The molecule has 110 valence electrons. The molecule has 1 N–H and O–H groups in total. The molecule has 0 saturated carbocycles. The summed E-state index contributed by atoms with van der Waals surface area (Å²) in [4.78, 5) is 0. The van der Waals surface area contributed by atoms with Gasteiger partial charge in [0.25, 0.3) is 0 Å². The number of fused-ring (bicyclic) bond motifs is 1. The highest BCUT2D eigenvalue weighted by Crippen LogP contribution is 2.30. The SMILES string of the molecule is CC(Cc1ccccc1Cl)NC1CCCc2ccccc21. The molecule has 2 atom stereocenters. The third kappa shape index (κ3) is 3.48. The van der Waals surface area contributed by atoms with Crippen LogP contribution in [0.1, 0.15) is 42.5 Å². The highest BCUT2D eigenvalue weighted by Gasteiger charge is 2.21. The number of hydrogen-bond donors (Lipinski definition) is 1. The summed E-state index contributed by atoms with van der Waals surface area (Å²) in [6.45, 7) is 2.25. The normalized spacial score (nSPS) is 19.0. The van der Waals surface area contributed by atoms with Crippen LogP contribution in [0.5, 0.6) is 0 Å². The van der Waals surface area contributed by atoms with Crippen LogP contribution >= 0.6 is 11.6 Å². The van der Waals surface area contributed by atoms with E-state index >= 15 is 0 Å². The standard InChI is InChI=1S/C19H22ClN/c1-14(13-16-8-3-5-11-18(16)20)21-19-12-6-9-15-7-2-4-10-17(15)19/h2-5,7-8,10-11,14,19,21H,6,9,12-13H2,1H3. The van der Waals surface area contributed by atoms with Gasteiger partial charge in [-0.15, -0.1) is 0 Å². The molecule has 2 aromatic carbocycles. The molecule has 0 radical (unpaired) electrons. The van der Waals surface area contributed by atoms with E-state index in [1.807, 2.05) is 12.1 Å². The molecule has 2 unspecified atom stereocenters. The maximum absolute atomic E-state index is 6.26. The van der Waals surface area contributed by atoms with Crippen molar-refractivity contribution < 1.29 is 0 Å². The van der Waals surface area contributed by atoms with Crippen LogP contribution in [0.3, 0.4) is 0 Å². The Morgan fingerprint density at radius 2 is 1.90 bits per heavy atom. The first-order valence-electron chi connectivity index (χ1n) is 7.81. The summed E-state index contributed by atoms with van der Waals surface area (Å²) < 4.78 is 0. The Balaban J connectivity index is 1.69. The van der Waals surface area contributed by atoms with E-state index in [9.17, 15) is 0 Å². The molecular weight excluding hydrogens is 278 g/mol. The van der Waals surface area contributed by atoms with Gasteiger partial charge in [0.1, 0.15) is 0 Å². The minimum absolute atomic E-state index is 0.418. The molecule has 0 fully saturated rings. The van der Waals surface area contributed by atoms with Crippen molar-refractivity contribution in [1.29, 1.82) is 0 Å². The number of benzene rings is 2. The Kier molecular flexibility index (Phi) is 4.62. The van der Waals surface area contributed by atoms with E-state index in [1.165, 1.54) is 36.0 Å². The van der Waals surface area contributed by atoms with Crippen molar-refractivity contribution in [1.82, 2.24) is 5.32 Å². The summed E-state index contributed by atoms with van der Waals surface area (Å²) in [5, 5.41) is 4.66. The summed E-state index contributed by atoms with van der Waals surface area (Å²) in [6, 6.07) is 17.9. The topological polar surface area (TPSA) is 12.0 Å². The van der Waals surface area contributed by atoms with Gasteiger partial charge in [-0.2, -0.15) is 0 Å². The quantitative estimate of drug-likeness (QED) is 0.843. The third-order valence-electron chi connectivity index (χ3n) is 4.34. The van der Waals surface area contributed by atoms with Crippen LogP contribution in [0, 0.1) is 0 Å². The number of halogens is 1. The van der Waals surface area contributed by atoms with Gasteiger partial charge in [-0.3, -0.25) is 0 Å². The van der Waals surface area contributed by atoms with Gasteiger partial charge in [-0.25, -0.2) is 0 Å². The highest BCUT2D eigenvalue weighted by atomic mass is 35.5. The molecule has 0 aliphatic heterocycles. The Bertz CT molecular complexity index is 608. The van der Waals surface area contributed by atoms with Crippen molar-refractivity contribution in [3.8, 4) is 0 Å². The number of rotatable bonds is 4. The molecule has 0 amide bonds. The molecule has 2 aromatic rings. The van der Waals surface area contributed by atoms with Crippen LogP contribution in [-0.4, -0.2) is 6.04 Å². The molecule has 0 aromatic heterocycles. The monoisotopic (exact) mass is 299 g/mol. The molecule has 0 spiro atoms. The first-order chi connectivity index (χ1) is 10.2. The zero-order chi connectivity index (χ0) is 14.7. The minimum Gasteiger partial charge on any atom is -0.307 e. The maximum atomic E-state index is 6.26. The Morgan fingerprint density at radius 3 is 2.76 bits per heavy atom. The minimum atomic E-state index is 0.418. The van der Waals surface area contributed by atoms with Gasteiger partial charge in [0.05, 0.1) is 0 Å². The van der Waals surface area contributed by atoms with Gasteiger partial charge in [0.15, 0.2) is 0 Å². The van der Waals surface area contributed by atoms with Crippen molar-refractivity contribution in [3.05, 3.63) is 70.2 Å². The van der Waals surface area contributed by atoms with Crippen molar-refractivity contribution in [2.24, 2.45) is 0 Å². The van der Waals surface area contributed by atoms with Gasteiger partial charge in [-0.1, -0.05) is 54.1 Å². The van der Waals surface area contributed by atoms with E-state index in [0.29, 0.717) is 12.1 Å². The molecule has 21 heavy (non-hydrogen) atoms. The Labute approximate surface area is 132 Å². The van der Waals surface area contributed by atoms with Crippen molar-refractivity contribution in [3.63, 3.8) is 0 Å². The largest absolute Gasteiger partial charge is 0.307 e. The third-order valence-corrected chi connectivity index (χ3v) is 4.71. The summed E-state index contributed by atoms with van der Waals surface area (Å²) >= 11 is 6.26. The van der Waals surface area contributed by atoms with Crippen molar-refractivity contribution in [2.75, 3.05) is 0 Å². The average molecular weight is 300 g/mol. The molecule has 0 saturated heterocycles. The lowest BCUT2D eigenvalue weighted by Gasteiger charge is -2.29. The van der Waals surface area contributed by atoms with Crippen LogP contribution in [0.2, 0.25) is 5.02 Å². The smallest absolute Gasteiger partial charge is 0.0438 e. The molecule has 0 bridgehead atoms. The van der Waals surface area contributed by atoms with Gasteiger partial charge >= 0.3 is 0 Å². The lowest BCUT2D eigenvalue weighted by atomic mass is 9.87. The maximum Gasteiger partial charge on any atom is 0.0438 e. The molecule has 1 nitrogen and oxygen atoms in total. The van der Waals surface area contributed by atoms with Gasteiger partial charge < -0.3 is 5.32 Å². The van der Waals surface area contributed by atoms with Crippen LogP contribution < -0.4 is 5.32 Å². The van der Waals surface area contributed by atoms with E-state index in [0.717, 1.165) is 11.4 Å². The molecule has 1 aliphatic rings. The van der Waals surface area contributed by atoms with Crippen LogP contribution in [0.25, 0.3) is 0 Å². The number of aryl methyl sites for hydroxylation is 1. The number of nitrogens with one attached hydrogen (secondary N) is 1. The van der Waals surface area contributed by atoms with E-state index in [1.54, 1.807) is 0 Å². The van der Waals surface area contributed by atoms with Crippen molar-refractivity contribution in [2.45, 2.75) is 44.7 Å².